The summed E-state index contributed by atoms with van der Waals surface area (Å²) in [6.07, 6.45) is 4.76. The Balaban J connectivity index is 1.10. The fourth-order valence-corrected chi connectivity index (χ4v) is 13.0. The molecule has 5 heteroatoms. The van der Waals surface area contributed by atoms with Crippen LogP contribution in [0.5, 0.6) is 0 Å². The molecule has 1 aliphatic carbocycles. The van der Waals surface area contributed by atoms with Crippen LogP contribution in [0.3, 0.4) is 0 Å². The van der Waals surface area contributed by atoms with Crippen molar-refractivity contribution in [1.29, 1.82) is 0 Å². The van der Waals surface area contributed by atoms with E-state index in [4.69, 9.17) is 0 Å². The van der Waals surface area contributed by atoms with Gasteiger partial charge in [0.2, 0.25) is 0 Å². The average Bonchev–Trinajstić information content (AvgIpc) is 3.78. The van der Waals surface area contributed by atoms with Crippen LogP contribution >= 0.6 is 11.3 Å². The minimum atomic E-state index is -0.0406. The number of aryl methyl sites for hydroxylation is 1. The summed E-state index contributed by atoms with van der Waals surface area (Å²) in [6, 6.07) is 79.2. The van der Waals surface area contributed by atoms with Crippen LogP contribution in [0, 0.1) is 0 Å². The monoisotopic (exact) mass is 905 g/mol. The third-order valence-corrected chi connectivity index (χ3v) is 16.1. The Morgan fingerprint density at radius 2 is 1.09 bits per heavy atom. The second-order valence-corrected chi connectivity index (χ2v) is 21.0. The standard InChI is InChI=1S/C64H52BN3S/c1-64(2,3)45-35-39-56(53(41-45)44-23-10-5-11-24-44)67(55-40-37-49(43-21-8-4-9-22-43)50-29-16-17-30-51(50)55)48-36-38-54-59(42-48)66(46-25-12-6-13-26-46)57-32-20-33-58-61(57)65(54)63-62(52-31-18-19-34-60(52)69-63)68(58)47-27-14-7-15-28-47/h4-17,20-30,32-33,35-42H,18-19,31,34H2,1-3H3. The molecule has 1 aromatic heterocycles. The van der Waals surface area contributed by atoms with E-state index in [-0.39, 0.29) is 12.1 Å². The Labute approximate surface area is 410 Å². The molecule has 69 heavy (non-hydrogen) atoms. The first-order valence-corrected chi connectivity index (χ1v) is 25.4. The molecule has 3 heterocycles. The van der Waals surface area contributed by atoms with Crippen molar-refractivity contribution in [3.05, 3.63) is 228 Å². The molecule has 0 bridgehead atoms. The highest BCUT2D eigenvalue weighted by molar-refractivity contribution is 7.29. The van der Waals surface area contributed by atoms with Gasteiger partial charge in [0.05, 0.1) is 17.1 Å². The lowest BCUT2D eigenvalue weighted by molar-refractivity contribution is 0.590. The van der Waals surface area contributed by atoms with Crippen LogP contribution in [0.15, 0.2) is 212 Å². The van der Waals surface area contributed by atoms with Crippen molar-refractivity contribution in [3.8, 4) is 22.3 Å². The lowest BCUT2D eigenvalue weighted by atomic mass is 9.36. The summed E-state index contributed by atoms with van der Waals surface area (Å²) in [5, 5.41) is 2.43. The van der Waals surface area contributed by atoms with Gasteiger partial charge in [-0.25, -0.2) is 0 Å². The molecular weight excluding hydrogens is 854 g/mol. The van der Waals surface area contributed by atoms with Gasteiger partial charge in [0.1, 0.15) is 0 Å². The molecule has 13 rings (SSSR count). The number of thiophene rings is 1. The molecule has 9 aromatic carbocycles. The van der Waals surface area contributed by atoms with Crippen molar-refractivity contribution >= 4 is 95.7 Å². The number of para-hydroxylation sites is 2. The number of benzene rings is 9. The Bertz CT molecular complexity index is 3560. The maximum Gasteiger partial charge on any atom is 0.264 e. The van der Waals surface area contributed by atoms with Crippen molar-refractivity contribution in [3.63, 3.8) is 0 Å². The van der Waals surface area contributed by atoms with Gasteiger partial charge in [0, 0.05) is 54.7 Å². The van der Waals surface area contributed by atoms with Gasteiger partial charge < -0.3 is 14.7 Å². The summed E-state index contributed by atoms with van der Waals surface area (Å²) in [4.78, 5) is 9.26. The first-order valence-electron chi connectivity index (χ1n) is 24.6. The van der Waals surface area contributed by atoms with Crippen LogP contribution in [0.2, 0.25) is 0 Å². The number of hydrogen-bond donors (Lipinski definition) is 0. The van der Waals surface area contributed by atoms with Crippen molar-refractivity contribution in [2.45, 2.75) is 51.9 Å². The van der Waals surface area contributed by atoms with Gasteiger partial charge in [-0.1, -0.05) is 166 Å². The van der Waals surface area contributed by atoms with Crippen LogP contribution in [0.25, 0.3) is 33.0 Å². The zero-order chi connectivity index (χ0) is 46.2. The minimum absolute atomic E-state index is 0.0406. The average molecular weight is 906 g/mol. The van der Waals surface area contributed by atoms with Gasteiger partial charge in [-0.05, 0) is 142 Å². The summed E-state index contributed by atoms with van der Waals surface area (Å²) in [7, 11) is 0. The third kappa shape index (κ3) is 6.85. The van der Waals surface area contributed by atoms with Crippen LogP contribution in [-0.2, 0) is 18.3 Å². The fourth-order valence-electron chi connectivity index (χ4n) is 11.5. The SMILES string of the molecule is CC(C)(C)c1ccc(N(c2ccc3c(c2)N(c2ccccc2)c2cccc4c2B3c2sc3c(c2N4c2ccccc2)CCCC3)c2ccc(-c3ccccc3)c3ccccc23)c(-c2ccccc2)c1. The smallest absolute Gasteiger partial charge is 0.264 e. The topological polar surface area (TPSA) is 9.72 Å². The number of rotatable bonds is 7. The van der Waals surface area contributed by atoms with E-state index in [2.05, 4.69) is 259 Å². The molecule has 3 nitrogen and oxygen atoms in total. The van der Waals surface area contributed by atoms with E-state index >= 15 is 0 Å². The molecule has 0 spiro atoms. The Hall–Kier alpha value is -7.60. The molecule has 10 aromatic rings. The maximum absolute atomic E-state index is 2.60. The van der Waals surface area contributed by atoms with E-state index in [1.54, 1.807) is 10.4 Å². The quantitative estimate of drug-likeness (QED) is 0.148. The first-order chi connectivity index (χ1) is 33.9. The molecule has 0 amide bonds. The zero-order valence-corrected chi connectivity index (χ0v) is 40.2. The molecule has 0 atom stereocenters. The molecule has 0 radical (unpaired) electrons. The fraction of sp³-hybridized carbons (Fsp3) is 0.125. The molecular formula is C64H52BN3S. The molecule has 3 aliphatic rings. The van der Waals surface area contributed by atoms with Crippen molar-refractivity contribution in [2.24, 2.45) is 0 Å². The Morgan fingerprint density at radius 1 is 0.493 bits per heavy atom. The van der Waals surface area contributed by atoms with Crippen LogP contribution in [0.4, 0.5) is 51.2 Å². The largest absolute Gasteiger partial charge is 0.311 e. The predicted octanol–water partition coefficient (Wildman–Crippen LogP) is 16.0. The van der Waals surface area contributed by atoms with Crippen molar-refractivity contribution in [2.75, 3.05) is 14.7 Å². The van der Waals surface area contributed by atoms with Gasteiger partial charge in [0.15, 0.2) is 0 Å². The van der Waals surface area contributed by atoms with E-state index in [9.17, 15) is 0 Å². The molecule has 2 aliphatic heterocycles. The highest BCUT2D eigenvalue weighted by atomic mass is 32.1. The summed E-state index contributed by atoms with van der Waals surface area (Å²) in [5.41, 5.74) is 21.2. The number of fused-ring (bicyclic) bond motifs is 7. The summed E-state index contributed by atoms with van der Waals surface area (Å²) in [5.74, 6) is 0. The van der Waals surface area contributed by atoms with Crippen molar-refractivity contribution in [1.82, 2.24) is 0 Å². The lowest BCUT2D eigenvalue weighted by Gasteiger charge is -2.43. The van der Waals surface area contributed by atoms with Gasteiger partial charge in [-0.15, -0.1) is 0 Å². The van der Waals surface area contributed by atoms with E-state index in [0.29, 0.717) is 0 Å². The highest BCUT2D eigenvalue weighted by Crippen LogP contribution is 2.51. The molecule has 0 N–H and O–H groups in total. The summed E-state index contributed by atoms with van der Waals surface area (Å²) in [6.45, 7) is 7.02. The zero-order valence-electron chi connectivity index (χ0n) is 39.4. The highest BCUT2D eigenvalue weighted by Gasteiger charge is 2.46. The number of anilines is 9. The predicted molar refractivity (Wildman–Crippen MR) is 297 cm³/mol. The van der Waals surface area contributed by atoms with Crippen LogP contribution < -0.4 is 30.4 Å². The molecule has 0 saturated carbocycles. The van der Waals surface area contributed by atoms with E-state index < -0.39 is 0 Å². The Morgan fingerprint density at radius 3 is 1.78 bits per heavy atom. The molecule has 0 unspecified atom stereocenters. The van der Waals surface area contributed by atoms with Gasteiger partial charge in [-0.3, -0.25) is 0 Å². The van der Waals surface area contributed by atoms with Gasteiger partial charge in [-0.2, -0.15) is 11.3 Å². The summed E-state index contributed by atoms with van der Waals surface area (Å²) >= 11 is 2.07. The molecule has 0 saturated heterocycles. The van der Waals surface area contributed by atoms with Gasteiger partial charge >= 0.3 is 0 Å². The minimum Gasteiger partial charge on any atom is -0.311 e. The number of hydrogen-bond acceptors (Lipinski definition) is 4. The second-order valence-electron chi connectivity index (χ2n) is 19.9. The maximum atomic E-state index is 2.60. The van der Waals surface area contributed by atoms with Crippen molar-refractivity contribution < 1.29 is 0 Å². The lowest BCUT2D eigenvalue weighted by Crippen LogP contribution is -2.60. The van der Waals surface area contributed by atoms with E-state index in [1.807, 2.05) is 0 Å². The van der Waals surface area contributed by atoms with E-state index in [1.165, 1.54) is 95.6 Å². The summed E-state index contributed by atoms with van der Waals surface area (Å²) < 4.78 is 1.47. The van der Waals surface area contributed by atoms with E-state index in [0.717, 1.165) is 35.6 Å². The second kappa shape index (κ2) is 16.6. The van der Waals surface area contributed by atoms with Crippen LogP contribution in [0.1, 0.15) is 49.6 Å². The first kappa shape index (κ1) is 41.6. The Kier molecular flexibility index (Phi) is 9.99. The van der Waals surface area contributed by atoms with Gasteiger partial charge in [0.25, 0.3) is 6.71 Å². The molecule has 332 valence electrons. The molecule has 0 fully saturated rings. The van der Waals surface area contributed by atoms with Crippen LogP contribution in [-0.4, -0.2) is 6.71 Å². The third-order valence-electron chi connectivity index (χ3n) is 14.8. The normalized spacial score (nSPS) is 13.7. The number of nitrogens with zero attached hydrogens (tertiary/aromatic N) is 3.